The van der Waals surface area contributed by atoms with Crippen LogP contribution in [0.25, 0.3) is 11.4 Å². The second kappa shape index (κ2) is 6.37. The summed E-state index contributed by atoms with van der Waals surface area (Å²) in [4.78, 5) is 9.31. The molecule has 0 fully saturated rings. The molecule has 20 heavy (non-hydrogen) atoms. The molecule has 0 bridgehead atoms. The summed E-state index contributed by atoms with van der Waals surface area (Å²) in [6.07, 6.45) is 0.917. The number of ether oxygens (including phenoxy) is 1. The number of aryl methyl sites for hydroxylation is 1. The Morgan fingerprint density at radius 2 is 1.90 bits per heavy atom. The van der Waals surface area contributed by atoms with E-state index in [2.05, 4.69) is 29.1 Å². The van der Waals surface area contributed by atoms with Gasteiger partial charge in [-0.1, -0.05) is 19.1 Å². The third kappa shape index (κ3) is 2.74. The molecule has 0 aliphatic carbocycles. The van der Waals surface area contributed by atoms with Crippen molar-refractivity contribution in [3.63, 3.8) is 0 Å². The molecular formula is C16H21N3O. The van der Waals surface area contributed by atoms with Crippen molar-refractivity contribution in [2.75, 3.05) is 19.0 Å². The first-order valence-electron chi connectivity index (χ1n) is 6.96. The van der Waals surface area contributed by atoms with Gasteiger partial charge in [0.2, 0.25) is 0 Å². The van der Waals surface area contributed by atoms with E-state index < -0.39 is 0 Å². The van der Waals surface area contributed by atoms with Crippen LogP contribution in [0, 0.1) is 6.92 Å². The summed E-state index contributed by atoms with van der Waals surface area (Å²) in [6.45, 7) is 7.06. The average Bonchev–Trinajstić information content (AvgIpc) is 2.47. The minimum atomic E-state index is 0.702. The fraction of sp³-hybridized carbons (Fsp3) is 0.375. The number of benzene rings is 1. The van der Waals surface area contributed by atoms with Crippen LogP contribution in [-0.2, 0) is 6.42 Å². The number of nitrogens with zero attached hydrogens (tertiary/aromatic N) is 2. The molecule has 0 saturated heterocycles. The molecule has 0 aliphatic rings. The van der Waals surface area contributed by atoms with Gasteiger partial charge >= 0.3 is 0 Å². The van der Waals surface area contributed by atoms with Crippen molar-refractivity contribution in [1.29, 1.82) is 0 Å². The van der Waals surface area contributed by atoms with Crippen LogP contribution in [0.3, 0.4) is 0 Å². The molecule has 0 amide bonds. The van der Waals surface area contributed by atoms with E-state index in [1.807, 2.05) is 31.2 Å². The van der Waals surface area contributed by atoms with Gasteiger partial charge in [-0.15, -0.1) is 0 Å². The number of hydrogen-bond donors (Lipinski definition) is 1. The highest BCUT2D eigenvalue weighted by Gasteiger charge is 2.13. The smallest absolute Gasteiger partial charge is 0.165 e. The lowest BCUT2D eigenvalue weighted by atomic mass is 10.1. The summed E-state index contributed by atoms with van der Waals surface area (Å²) in [5.74, 6) is 2.41. The molecule has 1 aromatic carbocycles. The second-order valence-electron chi connectivity index (χ2n) is 4.54. The zero-order valence-electron chi connectivity index (χ0n) is 12.5. The van der Waals surface area contributed by atoms with Crippen molar-refractivity contribution in [3.05, 3.63) is 35.5 Å². The molecule has 0 atom stereocenters. The molecule has 1 heterocycles. The van der Waals surface area contributed by atoms with Gasteiger partial charge in [-0.2, -0.15) is 0 Å². The summed E-state index contributed by atoms with van der Waals surface area (Å²) in [7, 11) is 1.66. The summed E-state index contributed by atoms with van der Waals surface area (Å²) in [6, 6.07) is 7.82. The first kappa shape index (κ1) is 14.3. The number of nitrogens with one attached hydrogen (secondary N) is 1. The minimum absolute atomic E-state index is 0.702. The molecule has 4 nitrogen and oxygen atoms in total. The maximum atomic E-state index is 5.40. The lowest BCUT2D eigenvalue weighted by Gasteiger charge is -2.14. The molecule has 106 valence electrons. The molecule has 0 radical (unpaired) electrons. The lowest BCUT2D eigenvalue weighted by Crippen LogP contribution is -2.08. The highest BCUT2D eigenvalue weighted by molar-refractivity contribution is 5.66. The Bertz CT molecular complexity index is 596. The zero-order chi connectivity index (χ0) is 14.5. The van der Waals surface area contributed by atoms with Crippen LogP contribution in [0.1, 0.15) is 25.1 Å². The third-order valence-electron chi connectivity index (χ3n) is 3.26. The first-order chi connectivity index (χ1) is 9.71. The van der Waals surface area contributed by atoms with Crippen molar-refractivity contribution in [2.24, 2.45) is 0 Å². The summed E-state index contributed by atoms with van der Waals surface area (Å²) in [5.41, 5.74) is 3.10. The van der Waals surface area contributed by atoms with Crippen molar-refractivity contribution in [1.82, 2.24) is 9.97 Å². The molecule has 0 aliphatic heterocycles. The highest BCUT2D eigenvalue weighted by Crippen LogP contribution is 2.29. The molecule has 1 N–H and O–H groups in total. The zero-order valence-corrected chi connectivity index (χ0v) is 12.5. The molecule has 2 aromatic rings. The normalized spacial score (nSPS) is 10.4. The standard InChI is InChI=1S/C16H21N3O/c1-5-12-11(3)18-16(19-15(12)17-6-2)13-9-7-8-10-14(13)20-4/h7-10H,5-6H2,1-4H3,(H,17,18,19). The van der Waals surface area contributed by atoms with Crippen molar-refractivity contribution < 1.29 is 4.74 Å². The highest BCUT2D eigenvalue weighted by atomic mass is 16.5. The Kier molecular flexibility index (Phi) is 4.56. The van der Waals surface area contributed by atoms with Crippen LogP contribution < -0.4 is 10.1 Å². The van der Waals surface area contributed by atoms with Gasteiger partial charge in [0.15, 0.2) is 5.82 Å². The fourth-order valence-electron chi connectivity index (χ4n) is 2.28. The monoisotopic (exact) mass is 271 g/mol. The van der Waals surface area contributed by atoms with Crippen molar-refractivity contribution in [3.8, 4) is 17.1 Å². The number of para-hydroxylation sites is 1. The van der Waals surface area contributed by atoms with Crippen molar-refractivity contribution in [2.45, 2.75) is 27.2 Å². The van der Waals surface area contributed by atoms with Gasteiger partial charge in [0, 0.05) is 17.8 Å². The Morgan fingerprint density at radius 3 is 2.55 bits per heavy atom. The lowest BCUT2D eigenvalue weighted by molar-refractivity contribution is 0.416. The van der Waals surface area contributed by atoms with Gasteiger partial charge < -0.3 is 10.1 Å². The average molecular weight is 271 g/mol. The summed E-state index contributed by atoms with van der Waals surface area (Å²) < 4.78 is 5.40. The molecular weight excluding hydrogens is 250 g/mol. The minimum Gasteiger partial charge on any atom is -0.496 e. The molecule has 2 rings (SSSR count). The van der Waals surface area contributed by atoms with Crippen LogP contribution in [0.15, 0.2) is 24.3 Å². The Hall–Kier alpha value is -2.10. The largest absolute Gasteiger partial charge is 0.496 e. The van der Waals surface area contributed by atoms with E-state index in [1.165, 1.54) is 5.56 Å². The Labute approximate surface area is 120 Å². The maximum Gasteiger partial charge on any atom is 0.165 e. The number of hydrogen-bond acceptors (Lipinski definition) is 4. The summed E-state index contributed by atoms with van der Waals surface area (Å²) in [5, 5.41) is 3.32. The molecule has 4 heteroatoms. The Balaban J connectivity index is 2.57. The van der Waals surface area contributed by atoms with E-state index in [0.29, 0.717) is 5.82 Å². The van der Waals surface area contributed by atoms with E-state index in [0.717, 1.165) is 35.8 Å². The van der Waals surface area contributed by atoms with Gasteiger partial charge in [-0.3, -0.25) is 0 Å². The van der Waals surface area contributed by atoms with E-state index in [9.17, 15) is 0 Å². The van der Waals surface area contributed by atoms with Gasteiger partial charge in [-0.05, 0) is 32.4 Å². The van der Waals surface area contributed by atoms with Gasteiger partial charge in [0.25, 0.3) is 0 Å². The van der Waals surface area contributed by atoms with Crippen LogP contribution in [0.5, 0.6) is 5.75 Å². The number of anilines is 1. The van der Waals surface area contributed by atoms with Gasteiger partial charge in [-0.25, -0.2) is 9.97 Å². The van der Waals surface area contributed by atoms with Crippen LogP contribution in [0.2, 0.25) is 0 Å². The Morgan fingerprint density at radius 1 is 1.15 bits per heavy atom. The first-order valence-corrected chi connectivity index (χ1v) is 6.96. The van der Waals surface area contributed by atoms with E-state index in [-0.39, 0.29) is 0 Å². The number of aromatic nitrogens is 2. The van der Waals surface area contributed by atoms with Crippen molar-refractivity contribution >= 4 is 5.82 Å². The fourth-order valence-corrected chi connectivity index (χ4v) is 2.28. The number of rotatable bonds is 5. The van der Waals surface area contributed by atoms with Crippen LogP contribution >= 0.6 is 0 Å². The molecule has 0 saturated carbocycles. The SMILES string of the molecule is CCNc1nc(-c2ccccc2OC)nc(C)c1CC. The van der Waals surface area contributed by atoms with E-state index in [1.54, 1.807) is 7.11 Å². The van der Waals surface area contributed by atoms with E-state index in [4.69, 9.17) is 4.74 Å². The summed E-state index contributed by atoms with van der Waals surface area (Å²) >= 11 is 0. The van der Waals surface area contributed by atoms with E-state index >= 15 is 0 Å². The number of methoxy groups -OCH3 is 1. The third-order valence-corrected chi connectivity index (χ3v) is 3.26. The quantitative estimate of drug-likeness (QED) is 0.904. The maximum absolute atomic E-state index is 5.40. The molecule has 0 spiro atoms. The van der Waals surface area contributed by atoms with Crippen LogP contribution in [-0.4, -0.2) is 23.6 Å². The van der Waals surface area contributed by atoms with Gasteiger partial charge in [0.05, 0.1) is 12.7 Å². The molecule has 0 unspecified atom stereocenters. The van der Waals surface area contributed by atoms with Gasteiger partial charge in [0.1, 0.15) is 11.6 Å². The topological polar surface area (TPSA) is 47.0 Å². The predicted octanol–water partition coefficient (Wildman–Crippen LogP) is 3.45. The van der Waals surface area contributed by atoms with Crippen LogP contribution in [0.4, 0.5) is 5.82 Å². The second-order valence-corrected chi connectivity index (χ2v) is 4.54. The predicted molar refractivity (Wildman–Crippen MR) is 82.3 cm³/mol. The molecule has 1 aromatic heterocycles.